The van der Waals surface area contributed by atoms with E-state index >= 15 is 0 Å². The molecule has 188 valence electrons. The first kappa shape index (κ1) is 24.4. The maximum absolute atomic E-state index is 12.3. The van der Waals surface area contributed by atoms with Gasteiger partial charge in [-0.1, -0.05) is 12.1 Å². The molecule has 0 spiro atoms. The van der Waals surface area contributed by atoms with Crippen molar-refractivity contribution in [3.8, 4) is 11.6 Å². The van der Waals surface area contributed by atoms with Crippen LogP contribution < -0.4 is 20.3 Å². The average Bonchev–Trinajstić information content (AvgIpc) is 3.54. The van der Waals surface area contributed by atoms with Gasteiger partial charge in [0.15, 0.2) is 5.11 Å². The van der Waals surface area contributed by atoms with Gasteiger partial charge in [-0.05, 0) is 66.8 Å². The van der Waals surface area contributed by atoms with Crippen LogP contribution in [-0.4, -0.2) is 46.4 Å². The van der Waals surface area contributed by atoms with Crippen LogP contribution in [0.15, 0.2) is 85.3 Å². The van der Waals surface area contributed by atoms with E-state index in [1.54, 1.807) is 19.5 Å². The van der Waals surface area contributed by atoms with Crippen LogP contribution >= 0.6 is 12.2 Å². The molecule has 1 aromatic carbocycles. The van der Waals surface area contributed by atoms with Crippen molar-refractivity contribution in [2.45, 2.75) is 12.1 Å². The summed E-state index contributed by atoms with van der Waals surface area (Å²) < 4.78 is 12.5. The molecule has 1 aliphatic heterocycles. The van der Waals surface area contributed by atoms with Gasteiger partial charge in [0.05, 0.1) is 24.5 Å². The van der Waals surface area contributed by atoms with E-state index in [-0.39, 0.29) is 24.6 Å². The van der Waals surface area contributed by atoms with Crippen molar-refractivity contribution in [1.29, 1.82) is 0 Å². The predicted molar refractivity (Wildman–Crippen MR) is 145 cm³/mol. The molecule has 1 amide bonds. The lowest BCUT2D eigenvalue weighted by atomic mass is 10.0. The van der Waals surface area contributed by atoms with Crippen LogP contribution in [0.1, 0.15) is 23.5 Å². The molecule has 2 atom stereocenters. The Kier molecular flexibility index (Phi) is 7.11. The number of carbonyl (C=O) groups is 1. The lowest BCUT2D eigenvalue weighted by Crippen LogP contribution is -2.30. The Bertz CT molecular complexity index is 1400. The first-order valence-corrected chi connectivity index (χ1v) is 12.1. The van der Waals surface area contributed by atoms with E-state index in [0.29, 0.717) is 16.5 Å². The van der Waals surface area contributed by atoms with E-state index < -0.39 is 0 Å². The molecule has 0 saturated carbocycles. The van der Waals surface area contributed by atoms with Crippen LogP contribution in [0.5, 0.6) is 5.75 Å². The molecule has 10 heteroatoms. The van der Waals surface area contributed by atoms with E-state index in [1.807, 2.05) is 76.3 Å². The van der Waals surface area contributed by atoms with Gasteiger partial charge < -0.3 is 29.6 Å². The van der Waals surface area contributed by atoms with Gasteiger partial charge in [-0.25, -0.2) is 4.98 Å². The van der Waals surface area contributed by atoms with Crippen LogP contribution in [0.4, 0.5) is 11.4 Å². The molecule has 37 heavy (non-hydrogen) atoms. The summed E-state index contributed by atoms with van der Waals surface area (Å²) in [6.07, 6.45) is 5.52. The zero-order valence-electron chi connectivity index (χ0n) is 20.4. The fourth-order valence-corrected chi connectivity index (χ4v) is 4.88. The largest absolute Gasteiger partial charge is 0.495 e. The fraction of sp³-hybridized carbons (Fsp3) is 0.185. The Hall–Kier alpha value is -4.28. The maximum Gasteiger partial charge on any atom is 0.250 e. The molecule has 5 rings (SSSR count). The lowest BCUT2D eigenvalue weighted by Gasteiger charge is -2.29. The Morgan fingerprint density at radius 2 is 1.86 bits per heavy atom. The third-order valence-electron chi connectivity index (χ3n) is 6.09. The van der Waals surface area contributed by atoms with E-state index in [0.717, 1.165) is 22.9 Å². The summed E-state index contributed by atoms with van der Waals surface area (Å²) in [4.78, 5) is 23.5. The zero-order valence-corrected chi connectivity index (χ0v) is 21.2. The Morgan fingerprint density at radius 3 is 2.57 bits per heavy atom. The van der Waals surface area contributed by atoms with Crippen molar-refractivity contribution < 1.29 is 14.3 Å². The molecule has 1 saturated heterocycles. The maximum atomic E-state index is 12.3. The number of carbonyl (C=O) groups excluding carboxylic acids is 1. The highest BCUT2D eigenvalue weighted by Gasteiger charge is 2.42. The molecule has 1 aliphatic rings. The third-order valence-corrected chi connectivity index (χ3v) is 6.40. The van der Waals surface area contributed by atoms with E-state index in [1.165, 1.54) is 7.11 Å². The van der Waals surface area contributed by atoms with Crippen LogP contribution in [0.25, 0.3) is 5.82 Å². The number of nitrogens with zero attached hydrogens (tertiary/aromatic N) is 4. The second kappa shape index (κ2) is 10.8. The van der Waals surface area contributed by atoms with Gasteiger partial charge in [-0.2, -0.15) is 0 Å². The molecule has 2 N–H and O–H groups in total. The number of aromatic nitrogens is 3. The summed E-state index contributed by atoms with van der Waals surface area (Å²) >= 11 is 5.87. The fourth-order valence-electron chi connectivity index (χ4n) is 4.53. The van der Waals surface area contributed by atoms with Crippen molar-refractivity contribution in [3.63, 3.8) is 0 Å². The highest BCUT2D eigenvalue weighted by atomic mass is 32.1. The molecule has 4 heterocycles. The van der Waals surface area contributed by atoms with Gasteiger partial charge in [0.1, 0.15) is 24.2 Å². The van der Waals surface area contributed by atoms with Crippen LogP contribution in [-0.2, 0) is 9.53 Å². The molecule has 3 aromatic heterocycles. The number of ether oxygens (including phenoxy) is 2. The van der Waals surface area contributed by atoms with E-state index in [9.17, 15) is 4.79 Å². The summed E-state index contributed by atoms with van der Waals surface area (Å²) in [7, 11) is 3.03. The SMILES string of the molecule is COCC(=O)Nc1cc(N2C(=S)N[C@@H](c3ccccn3)[C@H]2c2cccn2-c2ccccn2)ccc1OC. The quantitative estimate of drug-likeness (QED) is 0.341. The summed E-state index contributed by atoms with van der Waals surface area (Å²) in [6.45, 7) is -0.0704. The van der Waals surface area contributed by atoms with Crippen molar-refractivity contribution in [3.05, 3.63) is 96.7 Å². The lowest BCUT2D eigenvalue weighted by molar-refractivity contribution is -0.119. The number of benzene rings is 1. The molecule has 9 nitrogen and oxygen atoms in total. The van der Waals surface area contributed by atoms with Crippen molar-refractivity contribution in [2.75, 3.05) is 31.0 Å². The van der Waals surface area contributed by atoms with Gasteiger partial charge in [0, 0.05) is 37.1 Å². The van der Waals surface area contributed by atoms with Crippen LogP contribution in [0, 0.1) is 0 Å². The number of nitrogens with one attached hydrogen (secondary N) is 2. The zero-order chi connectivity index (χ0) is 25.8. The molecule has 0 bridgehead atoms. The van der Waals surface area contributed by atoms with Gasteiger partial charge in [-0.15, -0.1) is 0 Å². The number of anilines is 2. The topological polar surface area (TPSA) is 93.5 Å². The van der Waals surface area contributed by atoms with Gasteiger partial charge in [-0.3, -0.25) is 9.78 Å². The third kappa shape index (κ3) is 4.89. The first-order valence-electron chi connectivity index (χ1n) is 11.7. The highest BCUT2D eigenvalue weighted by molar-refractivity contribution is 7.80. The standard InChI is InChI=1S/C27H26N6O3S/c1-35-17-24(34)30-20-16-18(11-12-22(20)36-2)33-26(25(31-27(33)37)19-8-3-5-13-28-19)21-9-7-15-32(21)23-10-4-6-14-29-23/h3-16,25-26H,17H2,1-2H3,(H,30,34)(H,31,37)/t25-,26+/m0/s1. The normalized spacial score (nSPS) is 16.9. The van der Waals surface area contributed by atoms with Crippen LogP contribution in [0.3, 0.4) is 0 Å². The van der Waals surface area contributed by atoms with E-state index in [4.69, 9.17) is 21.7 Å². The van der Waals surface area contributed by atoms with Crippen molar-refractivity contribution >= 4 is 34.6 Å². The molecule has 1 fully saturated rings. The minimum atomic E-state index is -0.285. The smallest absolute Gasteiger partial charge is 0.250 e. The van der Waals surface area contributed by atoms with Gasteiger partial charge in [0.2, 0.25) is 5.91 Å². The number of pyridine rings is 2. The van der Waals surface area contributed by atoms with Crippen molar-refractivity contribution in [2.24, 2.45) is 0 Å². The van der Waals surface area contributed by atoms with Crippen molar-refractivity contribution in [1.82, 2.24) is 19.9 Å². The van der Waals surface area contributed by atoms with Gasteiger partial charge in [0.25, 0.3) is 0 Å². The number of hydrogen-bond donors (Lipinski definition) is 2. The summed E-state index contributed by atoms with van der Waals surface area (Å²) in [6, 6.07) is 20.7. The second-order valence-electron chi connectivity index (χ2n) is 8.35. The number of thiocarbonyl (C=S) groups is 1. The number of amides is 1. The summed E-state index contributed by atoms with van der Waals surface area (Å²) in [5, 5.41) is 6.87. The molecular weight excluding hydrogens is 488 g/mol. The minimum absolute atomic E-state index is 0.0704. The number of rotatable bonds is 8. The van der Waals surface area contributed by atoms with E-state index in [2.05, 4.69) is 26.7 Å². The molecular formula is C27H26N6O3S. The minimum Gasteiger partial charge on any atom is -0.495 e. The molecule has 0 radical (unpaired) electrons. The summed E-state index contributed by atoms with van der Waals surface area (Å²) in [5.74, 6) is 1.04. The number of methoxy groups -OCH3 is 2. The molecule has 4 aromatic rings. The van der Waals surface area contributed by atoms with Gasteiger partial charge >= 0.3 is 0 Å². The average molecular weight is 515 g/mol. The summed E-state index contributed by atoms with van der Waals surface area (Å²) in [5.41, 5.74) is 3.13. The Labute approximate surface area is 220 Å². The van der Waals surface area contributed by atoms with Crippen LogP contribution in [0.2, 0.25) is 0 Å². The Balaban J connectivity index is 1.62. The molecule has 0 aliphatic carbocycles. The monoisotopic (exact) mass is 514 g/mol. The second-order valence-corrected chi connectivity index (χ2v) is 8.74. The number of hydrogen-bond acceptors (Lipinski definition) is 6. The molecule has 0 unspecified atom stereocenters. The Morgan fingerprint density at radius 1 is 1.05 bits per heavy atom. The first-order chi connectivity index (χ1) is 18.1. The predicted octanol–water partition coefficient (Wildman–Crippen LogP) is 4.04. The highest BCUT2D eigenvalue weighted by Crippen LogP contribution is 2.43.